The van der Waals surface area contributed by atoms with E-state index < -0.39 is 72.1 Å². The minimum absolute atomic E-state index is 0.0347. The van der Waals surface area contributed by atoms with Gasteiger partial charge >= 0.3 is 0 Å². The average Bonchev–Trinajstić information content (AvgIpc) is 2.89. The first-order valence-corrected chi connectivity index (χ1v) is 9.82. The summed E-state index contributed by atoms with van der Waals surface area (Å²) in [7, 11) is -0.853. The van der Waals surface area contributed by atoms with Gasteiger partial charge in [-0.2, -0.15) is 0 Å². The average molecular weight is 424 g/mol. The van der Waals surface area contributed by atoms with Gasteiger partial charge in [-0.1, -0.05) is 0 Å². The van der Waals surface area contributed by atoms with Gasteiger partial charge in [0, 0.05) is 10.9 Å². The second kappa shape index (κ2) is 11.9. The van der Waals surface area contributed by atoms with Crippen LogP contribution in [0, 0.1) is 0 Å². The molecule has 156 valence electrons. The van der Waals surface area contributed by atoms with E-state index in [1.165, 1.54) is 0 Å². The van der Waals surface area contributed by atoms with Crippen LogP contribution in [-0.2, 0) is 24.5 Å². The second-order valence-electron chi connectivity index (χ2n) is 5.71. The maximum atomic E-state index is 10.4. The SMILES string of the molecule is [O-]OOSO[C@@H]([C@@H](O)[C@@H](O)[C@H](O)CO)[C@H](O)C[S+]1C[C@@H](O)[C@H](O)[C@H]1CO. The first kappa shape index (κ1) is 24.3. The molecule has 1 aliphatic heterocycles. The van der Waals surface area contributed by atoms with Gasteiger partial charge in [0.05, 0.1) is 13.2 Å². The van der Waals surface area contributed by atoms with Crippen molar-refractivity contribution in [2.45, 2.75) is 48.0 Å². The molecule has 8 N–H and O–H groups in total. The molecule has 12 nitrogen and oxygen atoms in total. The lowest BCUT2D eigenvalue weighted by Crippen LogP contribution is -2.52. The molecule has 1 rings (SSSR count). The summed E-state index contributed by atoms with van der Waals surface area (Å²) in [6.07, 6.45) is -10.9. The normalized spacial score (nSPS) is 32.2. The third kappa shape index (κ3) is 6.39. The zero-order valence-corrected chi connectivity index (χ0v) is 15.1. The molecule has 1 fully saturated rings. The molecule has 1 saturated heterocycles. The van der Waals surface area contributed by atoms with Crippen LogP contribution in [0.15, 0.2) is 0 Å². The van der Waals surface area contributed by atoms with Gasteiger partial charge in [-0.3, -0.25) is 9.22 Å². The van der Waals surface area contributed by atoms with E-state index in [2.05, 4.69) is 9.37 Å². The predicted octanol–water partition coefficient (Wildman–Crippen LogP) is -5.69. The summed E-state index contributed by atoms with van der Waals surface area (Å²) in [5.41, 5.74) is 0. The number of hydrogen-bond acceptors (Lipinski definition) is 13. The van der Waals surface area contributed by atoms with Crippen molar-refractivity contribution in [1.82, 2.24) is 0 Å². The highest BCUT2D eigenvalue weighted by Gasteiger charge is 2.51. The van der Waals surface area contributed by atoms with Gasteiger partial charge in [-0.15, -0.1) is 4.33 Å². The largest absolute Gasteiger partial charge is 0.691 e. The molecule has 0 saturated carbocycles. The van der Waals surface area contributed by atoms with E-state index in [0.29, 0.717) is 0 Å². The Bertz CT molecular complexity index is 393. The first-order valence-electron chi connectivity index (χ1n) is 7.53. The van der Waals surface area contributed by atoms with Crippen LogP contribution in [-0.4, -0.2) is 114 Å². The van der Waals surface area contributed by atoms with Crippen LogP contribution in [0.2, 0.25) is 0 Å². The number of rotatable bonds is 12. The highest BCUT2D eigenvalue weighted by atomic mass is 32.2. The van der Waals surface area contributed by atoms with Crippen molar-refractivity contribution >= 4 is 23.2 Å². The van der Waals surface area contributed by atoms with Crippen molar-refractivity contribution in [3.8, 4) is 0 Å². The zero-order valence-electron chi connectivity index (χ0n) is 13.5. The van der Waals surface area contributed by atoms with Crippen LogP contribution in [0.5, 0.6) is 0 Å². The Kier molecular flexibility index (Phi) is 11.1. The van der Waals surface area contributed by atoms with Crippen molar-refractivity contribution in [2.24, 2.45) is 0 Å². The Hall–Kier alpha value is 0.220. The molecule has 9 atom stereocenters. The highest BCUT2D eigenvalue weighted by Crippen LogP contribution is 2.27. The third-order valence-corrected chi connectivity index (χ3v) is 7.24. The summed E-state index contributed by atoms with van der Waals surface area (Å²) in [6.45, 7) is -1.31. The molecule has 0 aromatic rings. The quantitative estimate of drug-likeness (QED) is 0.0483. The van der Waals surface area contributed by atoms with Crippen molar-refractivity contribution in [1.29, 1.82) is 0 Å². The standard InChI is InChI=1S/C12H24O12S2/c13-1-5(15)10(19)11(20)12(22-25-24-23-21)7(17)4-26-3-6(16)9(18)8(26)2-14/h5-20H,1-4H2/t5-,6-,7-,8-,9+,10+,11+,12-,26?/m1/s1. The lowest BCUT2D eigenvalue weighted by molar-refractivity contribution is -0.777. The summed E-state index contributed by atoms with van der Waals surface area (Å²) < 4.78 is 8.77. The molecule has 1 unspecified atom stereocenters. The molecule has 0 spiro atoms. The highest BCUT2D eigenvalue weighted by molar-refractivity contribution is 7.97. The molecular weight excluding hydrogens is 400 g/mol. The Morgan fingerprint density at radius 3 is 2.27 bits per heavy atom. The molecule has 0 bridgehead atoms. The Labute approximate surface area is 156 Å². The van der Waals surface area contributed by atoms with Crippen molar-refractivity contribution in [3.05, 3.63) is 0 Å². The van der Waals surface area contributed by atoms with Crippen molar-refractivity contribution < 1.29 is 59.7 Å². The molecule has 1 heterocycles. The van der Waals surface area contributed by atoms with Crippen LogP contribution in [0.3, 0.4) is 0 Å². The summed E-state index contributed by atoms with van der Waals surface area (Å²) in [5.74, 6) is -0.0385. The summed E-state index contributed by atoms with van der Waals surface area (Å²) in [4.78, 5) is 0. The van der Waals surface area contributed by atoms with E-state index in [9.17, 15) is 41.0 Å². The fourth-order valence-corrected chi connectivity index (χ4v) is 5.63. The predicted molar refractivity (Wildman–Crippen MR) is 85.7 cm³/mol. The fourth-order valence-electron chi connectivity index (χ4n) is 2.56. The molecular formula is C12H24O12S2. The minimum Gasteiger partial charge on any atom is -0.691 e. The van der Waals surface area contributed by atoms with Crippen LogP contribution in [0.4, 0.5) is 0 Å². The van der Waals surface area contributed by atoms with Crippen LogP contribution in [0.25, 0.3) is 0 Å². The molecule has 0 aliphatic carbocycles. The summed E-state index contributed by atoms with van der Waals surface area (Å²) >= 11 is -0.0347. The van der Waals surface area contributed by atoms with Gasteiger partial charge in [0.2, 0.25) is 0 Å². The van der Waals surface area contributed by atoms with Crippen LogP contribution >= 0.6 is 12.3 Å². The van der Waals surface area contributed by atoms with Crippen molar-refractivity contribution in [3.63, 3.8) is 0 Å². The molecule has 0 aromatic carbocycles. The van der Waals surface area contributed by atoms with Gasteiger partial charge in [-0.25, -0.2) is 0 Å². The number of aliphatic hydroxyl groups excluding tert-OH is 8. The van der Waals surface area contributed by atoms with Gasteiger partial charge < -0.3 is 46.1 Å². The smallest absolute Gasteiger partial charge is 0.194 e. The molecule has 26 heavy (non-hydrogen) atoms. The Morgan fingerprint density at radius 2 is 1.73 bits per heavy atom. The summed E-state index contributed by atoms with van der Waals surface area (Å²) in [6, 6.07) is 0. The van der Waals surface area contributed by atoms with Gasteiger partial charge in [0.1, 0.15) is 54.2 Å². The van der Waals surface area contributed by atoms with E-state index in [1.54, 1.807) is 0 Å². The Balaban J connectivity index is 2.81. The molecule has 0 radical (unpaired) electrons. The second-order valence-corrected chi connectivity index (χ2v) is 8.52. The lowest BCUT2D eigenvalue weighted by atomic mass is 10.0. The van der Waals surface area contributed by atoms with Crippen LogP contribution in [0.1, 0.15) is 0 Å². The molecule has 0 aromatic heterocycles. The fraction of sp³-hybridized carbons (Fsp3) is 1.00. The van der Waals surface area contributed by atoms with E-state index in [1.807, 2.05) is 0 Å². The lowest BCUT2D eigenvalue weighted by Gasteiger charge is -2.30. The Morgan fingerprint density at radius 1 is 1.08 bits per heavy atom. The van der Waals surface area contributed by atoms with E-state index in [4.69, 9.17) is 9.29 Å². The van der Waals surface area contributed by atoms with Gasteiger partial charge in [-0.05, 0) is 0 Å². The number of hydrogen-bond donors (Lipinski definition) is 8. The minimum atomic E-state index is -1.90. The molecule has 0 amide bonds. The molecule has 1 aliphatic rings. The van der Waals surface area contributed by atoms with Gasteiger partial charge in [0.15, 0.2) is 17.6 Å². The van der Waals surface area contributed by atoms with E-state index in [-0.39, 0.29) is 23.8 Å². The maximum absolute atomic E-state index is 10.4. The van der Waals surface area contributed by atoms with Gasteiger partial charge in [0.25, 0.3) is 0 Å². The summed E-state index contributed by atoms with van der Waals surface area (Å²) in [5, 5.41) is 89.6. The van der Waals surface area contributed by atoms with E-state index in [0.717, 1.165) is 0 Å². The third-order valence-electron chi connectivity index (χ3n) is 4.01. The topological polar surface area (TPSA) is 213 Å². The first-order chi connectivity index (χ1) is 12.3. The monoisotopic (exact) mass is 424 g/mol. The van der Waals surface area contributed by atoms with Crippen molar-refractivity contribution in [2.75, 3.05) is 24.7 Å². The number of aliphatic hydroxyl groups is 8. The van der Waals surface area contributed by atoms with Crippen LogP contribution < -0.4 is 5.26 Å². The van der Waals surface area contributed by atoms with E-state index >= 15 is 0 Å². The molecule has 14 heteroatoms. The maximum Gasteiger partial charge on any atom is 0.194 e. The zero-order chi connectivity index (χ0) is 19.9.